The summed E-state index contributed by atoms with van der Waals surface area (Å²) in [6, 6.07) is 9.23. The number of carboxylic acid groups (broad SMARTS) is 2. The van der Waals surface area contributed by atoms with Gasteiger partial charge in [-0.2, -0.15) is 0 Å². The summed E-state index contributed by atoms with van der Waals surface area (Å²) in [6.07, 6.45) is 0. The average molecular weight is 320 g/mol. The number of carboxylic acids is 2. The molecule has 0 fully saturated rings. The number of sulfone groups is 1. The average Bonchev–Trinajstić information content (AvgIpc) is 2.46. The van der Waals surface area contributed by atoms with E-state index in [2.05, 4.69) is 0 Å². The maximum absolute atomic E-state index is 12.6. The van der Waals surface area contributed by atoms with Crippen LogP contribution in [-0.2, 0) is 9.84 Å². The van der Waals surface area contributed by atoms with Crippen molar-refractivity contribution in [2.45, 2.75) is 16.7 Å². The third kappa shape index (κ3) is 2.71. The van der Waals surface area contributed by atoms with Gasteiger partial charge in [0.05, 0.1) is 20.9 Å². The molecule has 7 heteroatoms. The fraction of sp³-hybridized carbons (Fsp3) is 0.0667. The van der Waals surface area contributed by atoms with Crippen molar-refractivity contribution in [1.82, 2.24) is 0 Å². The minimum absolute atomic E-state index is 0.0504. The molecule has 0 aromatic heterocycles. The van der Waals surface area contributed by atoms with Crippen LogP contribution >= 0.6 is 0 Å². The van der Waals surface area contributed by atoms with Gasteiger partial charge in [0.1, 0.15) is 0 Å². The molecular weight excluding hydrogens is 308 g/mol. The van der Waals surface area contributed by atoms with Crippen LogP contribution in [0.4, 0.5) is 0 Å². The Morgan fingerprint density at radius 1 is 0.909 bits per heavy atom. The molecule has 0 unspecified atom stereocenters. The Kier molecular flexibility index (Phi) is 4.01. The van der Waals surface area contributed by atoms with Crippen molar-refractivity contribution in [2.75, 3.05) is 0 Å². The fourth-order valence-electron chi connectivity index (χ4n) is 2.04. The third-order valence-corrected chi connectivity index (χ3v) is 5.06. The molecule has 0 aliphatic rings. The lowest BCUT2D eigenvalue weighted by molar-refractivity contribution is 0.0651. The summed E-state index contributed by atoms with van der Waals surface area (Å²) in [6.45, 7) is 1.62. The predicted molar refractivity (Wildman–Crippen MR) is 77.0 cm³/mol. The number of benzene rings is 2. The van der Waals surface area contributed by atoms with E-state index in [9.17, 15) is 18.0 Å². The number of hydrogen-bond acceptors (Lipinski definition) is 4. The van der Waals surface area contributed by atoms with Crippen molar-refractivity contribution < 1.29 is 28.2 Å². The molecule has 0 spiro atoms. The lowest BCUT2D eigenvalue weighted by Gasteiger charge is -2.09. The number of hydrogen-bond donors (Lipinski definition) is 2. The maximum Gasteiger partial charge on any atom is 0.336 e. The second-order valence-corrected chi connectivity index (χ2v) is 6.50. The van der Waals surface area contributed by atoms with E-state index in [1.807, 2.05) is 0 Å². The predicted octanol–water partition coefficient (Wildman–Crippen LogP) is 2.22. The van der Waals surface area contributed by atoms with E-state index in [0.717, 1.165) is 18.2 Å². The maximum atomic E-state index is 12.6. The molecule has 0 saturated carbocycles. The topological polar surface area (TPSA) is 109 Å². The Morgan fingerprint density at radius 3 is 2.05 bits per heavy atom. The molecule has 0 bridgehead atoms. The lowest BCUT2D eigenvalue weighted by Crippen LogP contribution is -2.11. The minimum Gasteiger partial charge on any atom is -0.478 e. The van der Waals surface area contributed by atoms with Gasteiger partial charge in [-0.05, 0) is 36.8 Å². The van der Waals surface area contributed by atoms with Crippen LogP contribution < -0.4 is 0 Å². The molecule has 0 atom stereocenters. The molecule has 0 saturated heterocycles. The van der Waals surface area contributed by atoms with Gasteiger partial charge in [-0.3, -0.25) is 0 Å². The summed E-state index contributed by atoms with van der Waals surface area (Å²) in [5.74, 6) is -2.93. The first-order chi connectivity index (χ1) is 10.2. The number of rotatable bonds is 4. The van der Waals surface area contributed by atoms with E-state index in [4.69, 9.17) is 10.2 Å². The molecule has 2 rings (SSSR count). The van der Waals surface area contributed by atoms with Gasteiger partial charge in [0.15, 0.2) is 0 Å². The van der Waals surface area contributed by atoms with Gasteiger partial charge in [0.2, 0.25) is 9.84 Å². The molecular formula is C15H12O6S. The first-order valence-electron chi connectivity index (χ1n) is 6.16. The number of aromatic carboxylic acids is 2. The number of aryl methyl sites for hydroxylation is 1. The van der Waals surface area contributed by atoms with Crippen LogP contribution in [0.15, 0.2) is 52.3 Å². The summed E-state index contributed by atoms with van der Waals surface area (Å²) in [4.78, 5) is 21.9. The molecule has 0 heterocycles. The molecule has 2 aromatic rings. The van der Waals surface area contributed by atoms with E-state index in [1.165, 1.54) is 6.07 Å². The van der Waals surface area contributed by atoms with Gasteiger partial charge in [-0.25, -0.2) is 18.0 Å². The summed E-state index contributed by atoms with van der Waals surface area (Å²) in [5.41, 5.74) is -0.514. The Hall–Kier alpha value is -2.67. The van der Waals surface area contributed by atoms with Crippen LogP contribution in [-0.4, -0.2) is 30.6 Å². The van der Waals surface area contributed by atoms with E-state index >= 15 is 0 Å². The summed E-state index contributed by atoms with van der Waals surface area (Å²) in [7, 11) is -3.92. The van der Waals surface area contributed by atoms with Gasteiger partial charge >= 0.3 is 11.9 Å². The lowest BCUT2D eigenvalue weighted by atomic mass is 10.1. The third-order valence-electron chi connectivity index (χ3n) is 3.15. The Bertz CT molecular complexity index is 867. The monoisotopic (exact) mass is 320 g/mol. The zero-order valence-electron chi connectivity index (χ0n) is 11.5. The summed E-state index contributed by atoms with van der Waals surface area (Å²) in [5, 5.41) is 18.0. The first kappa shape index (κ1) is 15.7. The van der Waals surface area contributed by atoms with Gasteiger partial charge in [0, 0.05) is 0 Å². The van der Waals surface area contributed by atoms with Crippen LogP contribution in [0, 0.1) is 6.92 Å². The first-order valence-corrected chi connectivity index (χ1v) is 7.65. The quantitative estimate of drug-likeness (QED) is 0.894. The van der Waals surface area contributed by atoms with Gasteiger partial charge in [-0.1, -0.05) is 18.2 Å². The zero-order chi connectivity index (χ0) is 16.5. The molecule has 0 aliphatic carbocycles. The van der Waals surface area contributed by atoms with Crippen molar-refractivity contribution in [2.24, 2.45) is 0 Å². The molecule has 114 valence electrons. The summed E-state index contributed by atoms with van der Waals surface area (Å²) >= 11 is 0. The van der Waals surface area contributed by atoms with Crippen molar-refractivity contribution in [3.63, 3.8) is 0 Å². The van der Waals surface area contributed by atoms with Crippen molar-refractivity contribution >= 4 is 21.8 Å². The van der Waals surface area contributed by atoms with E-state index < -0.39 is 32.9 Å². The van der Waals surface area contributed by atoms with Crippen LogP contribution in [0.1, 0.15) is 26.3 Å². The second kappa shape index (κ2) is 5.61. The normalized spacial score (nSPS) is 11.1. The molecule has 22 heavy (non-hydrogen) atoms. The number of carbonyl (C=O) groups is 2. The Morgan fingerprint density at radius 2 is 1.50 bits per heavy atom. The van der Waals surface area contributed by atoms with Gasteiger partial charge < -0.3 is 10.2 Å². The highest BCUT2D eigenvalue weighted by atomic mass is 32.2. The highest BCUT2D eigenvalue weighted by Gasteiger charge is 2.24. The standard InChI is InChI=1S/C15H12O6S/c1-9-4-2-3-5-13(9)22(20,21)10-6-7-11(14(16)17)12(8-10)15(18)19/h2-8H,1H3,(H,16,17)(H,18,19). The van der Waals surface area contributed by atoms with Crippen LogP contribution in [0.5, 0.6) is 0 Å². The zero-order valence-corrected chi connectivity index (χ0v) is 12.3. The highest BCUT2D eigenvalue weighted by Crippen LogP contribution is 2.25. The molecule has 0 amide bonds. The second-order valence-electron chi connectivity index (χ2n) is 4.59. The molecule has 2 aromatic carbocycles. The summed E-state index contributed by atoms with van der Waals surface area (Å²) < 4.78 is 25.1. The smallest absolute Gasteiger partial charge is 0.336 e. The largest absolute Gasteiger partial charge is 0.478 e. The minimum atomic E-state index is -3.92. The molecule has 6 nitrogen and oxygen atoms in total. The van der Waals surface area contributed by atoms with E-state index in [1.54, 1.807) is 25.1 Å². The van der Waals surface area contributed by atoms with E-state index in [-0.39, 0.29) is 9.79 Å². The Balaban J connectivity index is 2.68. The van der Waals surface area contributed by atoms with Gasteiger partial charge in [0.25, 0.3) is 0 Å². The Labute approximate surface area is 126 Å². The highest BCUT2D eigenvalue weighted by molar-refractivity contribution is 7.91. The van der Waals surface area contributed by atoms with Crippen molar-refractivity contribution in [3.05, 3.63) is 59.2 Å². The van der Waals surface area contributed by atoms with Gasteiger partial charge in [-0.15, -0.1) is 0 Å². The molecule has 2 N–H and O–H groups in total. The SMILES string of the molecule is Cc1ccccc1S(=O)(=O)c1ccc(C(=O)O)c(C(=O)O)c1. The van der Waals surface area contributed by atoms with Crippen molar-refractivity contribution in [3.8, 4) is 0 Å². The fourth-order valence-corrected chi connectivity index (χ4v) is 3.56. The van der Waals surface area contributed by atoms with Crippen LogP contribution in [0.25, 0.3) is 0 Å². The van der Waals surface area contributed by atoms with E-state index in [0.29, 0.717) is 5.56 Å². The molecule has 0 aliphatic heterocycles. The van der Waals surface area contributed by atoms with Crippen LogP contribution in [0.2, 0.25) is 0 Å². The molecule has 0 radical (unpaired) electrons. The van der Waals surface area contributed by atoms with Crippen molar-refractivity contribution in [1.29, 1.82) is 0 Å². The van der Waals surface area contributed by atoms with Crippen LogP contribution in [0.3, 0.4) is 0 Å².